The van der Waals surface area contributed by atoms with E-state index in [2.05, 4.69) is 36.4 Å². The fraction of sp³-hybridized carbons (Fsp3) is 0.286. The van der Waals surface area contributed by atoms with Gasteiger partial charge in [-0.05, 0) is 22.9 Å². The number of nitrogens with one attached hydrogen (secondary N) is 1. The molecule has 0 aliphatic rings. The highest BCUT2D eigenvalue weighted by atomic mass is 79.9. The van der Waals surface area contributed by atoms with Crippen molar-refractivity contribution in [2.75, 3.05) is 5.32 Å². The molecule has 2 heterocycles. The summed E-state index contributed by atoms with van der Waals surface area (Å²) in [6, 6.07) is 0. The van der Waals surface area contributed by atoms with Gasteiger partial charge in [0, 0.05) is 5.38 Å². The first kappa shape index (κ1) is 9.60. The number of aryl methyl sites for hydroxylation is 1. The van der Waals surface area contributed by atoms with Crippen LogP contribution in [0.15, 0.2) is 14.5 Å². The van der Waals surface area contributed by atoms with Gasteiger partial charge in [-0.2, -0.15) is 4.98 Å². The monoisotopic (exact) mass is 274 g/mol. The molecule has 2 rings (SSSR count). The molecule has 0 bridgehead atoms. The summed E-state index contributed by atoms with van der Waals surface area (Å²) in [5.41, 5.74) is 0. The maximum Gasteiger partial charge on any atom is 0.246 e. The highest BCUT2D eigenvalue weighted by Crippen LogP contribution is 2.19. The summed E-state index contributed by atoms with van der Waals surface area (Å²) in [5.74, 6) is 1.20. The Kier molecular flexibility index (Phi) is 2.78. The summed E-state index contributed by atoms with van der Waals surface area (Å²) >= 11 is 4.79. The number of nitrogens with zero attached hydrogens (tertiary/aromatic N) is 3. The third-order valence-corrected chi connectivity index (χ3v) is 2.95. The predicted octanol–water partition coefficient (Wildman–Crippen LogP) is 2.21. The van der Waals surface area contributed by atoms with E-state index in [9.17, 15) is 0 Å². The molecule has 2 aromatic rings. The summed E-state index contributed by atoms with van der Waals surface area (Å²) < 4.78 is 5.76. The number of anilines is 1. The Labute approximate surface area is 92.7 Å². The minimum absolute atomic E-state index is 0.501. The summed E-state index contributed by atoms with van der Waals surface area (Å²) in [6.45, 7) is 2.29. The normalized spacial score (nSPS) is 10.4. The van der Waals surface area contributed by atoms with Crippen molar-refractivity contribution in [3.63, 3.8) is 0 Å². The second-order valence-electron chi connectivity index (χ2n) is 2.56. The second kappa shape index (κ2) is 4.05. The van der Waals surface area contributed by atoms with Crippen LogP contribution < -0.4 is 5.32 Å². The van der Waals surface area contributed by atoms with E-state index in [-0.39, 0.29) is 0 Å². The van der Waals surface area contributed by atoms with E-state index >= 15 is 0 Å². The molecule has 5 nitrogen and oxygen atoms in total. The first-order valence-electron chi connectivity index (χ1n) is 3.88. The van der Waals surface area contributed by atoms with E-state index in [1.54, 1.807) is 6.92 Å². The van der Waals surface area contributed by atoms with Crippen molar-refractivity contribution in [3.8, 4) is 0 Å². The van der Waals surface area contributed by atoms with Gasteiger partial charge >= 0.3 is 0 Å². The van der Waals surface area contributed by atoms with Gasteiger partial charge in [0.2, 0.25) is 5.89 Å². The molecule has 14 heavy (non-hydrogen) atoms. The smallest absolute Gasteiger partial charge is 0.246 e. The van der Waals surface area contributed by atoms with Gasteiger partial charge in [-0.1, -0.05) is 5.16 Å². The quantitative estimate of drug-likeness (QED) is 0.930. The van der Waals surface area contributed by atoms with Crippen molar-refractivity contribution in [2.45, 2.75) is 13.5 Å². The summed E-state index contributed by atoms with van der Waals surface area (Å²) in [4.78, 5) is 8.22. The van der Waals surface area contributed by atoms with Crippen molar-refractivity contribution >= 4 is 32.4 Å². The van der Waals surface area contributed by atoms with Crippen LogP contribution in [0.4, 0.5) is 5.13 Å². The molecular formula is C7H7BrN4OS. The topological polar surface area (TPSA) is 63.8 Å². The van der Waals surface area contributed by atoms with Crippen LogP contribution in [0, 0.1) is 6.92 Å². The predicted molar refractivity (Wildman–Crippen MR) is 56.2 cm³/mol. The standard InChI is InChI=1S/C7H7BrN4OS/c1-4-10-6(13-12-4)2-9-7-11-5(8)3-14-7/h3H,2H2,1H3,(H,9,11). The number of aromatic nitrogens is 3. The van der Waals surface area contributed by atoms with Crippen LogP contribution >= 0.6 is 27.3 Å². The molecule has 0 saturated heterocycles. The molecule has 1 N–H and O–H groups in total. The molecule has 2 aromatic heterocycles. The van der Waals surface area contributed by atoms with E-state index in [0.29, 0.717) is 18.3 Å². The molecule has 0 unspecified atom stereocenters. The average molecular weight is 275 g/mol. The van der Waals surface area contributed by atoms with Gasteiger partial charge in [-0.3, -0.25) is 0 Å². The molecule has 0 radical (unpaired) electrons. The molecule has 0 fully saturated rings. The van der Waals surface area contributed by atoms with Gasteiger partial charge in [0.25, 0.3) is 0 Å². The van der Waals surface area contributed by atoms with Gasteiger partial charge < -0.3 is 9.84 Å². The number of halogens is 1. The first-order chi connectivity index (χ1) is 6.74. The largest absolute Gasteiger partial charge is 0.352 e. The van der Waals surface area contributed by atoms with E-state index in [0.717, 1.165) is 9.73 Å². The zero-order chi connectivity index (χ0) is 9.97. The van der Waals surface area contributed by atoms with Crippen LogP contribution in [-0.4, -0.2) is 15.1 Å². The van der Waals surface area contributed by atoms with Crippen molar-refractivity contribution in [2.24, 2.45) is 0 Å². The van der Waals surface area contributed by atoms with Crippen LogP contribution in [0.2, 0.25) is 0 Å². The Morgan fingerprint density at radius 2 is 2.43 bits per heavy atom. The second-order valence-corrected chi connectivity index (χ2v) is 4.23. The Balaban J connectivity index is 1.94. The highest BCUT2D eigenvalue weighted by molar-refractivity contribution is 9.10. The van der Waals surface area contributed by atoms with Gasteiger partial charge in [0.1, 0.15) is 4.60 Å². The van der Waals surface area contributed by atoms with Crippen molar-refractivity contribution in [1.82, 2.24) is 15.1 Å². The van der Waals surface area contributed by atoms with E-state index in [1.807, 2.05) is 5.38 Å². The van der Waals surface area contributed by atoms with E-state index < -0.39 is 0 Å². The Morgan fingerprint density at radius 3 is 3.00 bits per heavy atom. The third-order valence-electron chi connectivity index (χ3n) is 1.44. The molecular weight excluding hydrogens is 268 g/mol. The Morgan fingerprint density at radius 1 is 1.57 bits per heavy atom. The first-order valence-corrected chi connectivity index (χ1v) is 5.55. The summed E-state index contributed by atoms with van der Waals surface area (Å²) in [6.07, 6.45) is 0. The van der Waals surface area contributed by atoms with Gasteiger partial charge in [-0.25, -0.2) is 4.98 Å². The molecule has 0 spiro atoms. The SMILES string of the molecule is Cc1noc(CNc2nc(Br)cs2)n1. The fourth-order valence-corrected chi connectivity index (χ4v) is 2.04. The Hall–Kier alpha value is -0.950. The van der Waals surface area contributed by atoms with Crippen molar-refractivity contribution in [3.05, 3.63) is 21.7 Å². The molecule has 0 saturated carbocycles. The third kappa shape index (κ3) is 2.30. The number of thiazole rings is 1. The van der Waals surface area contributed by atoms with Crippen LogP contribution in [-0.2, 0) is 6.54 Å². The zero-order valence-electron chi connectivity index (χ0n) is 7.32. The molecule has 0 aliphatic heterocycles. The molecule has 0 atom stereocenters. The Bertz CT molecular complexity index is 387. The molecule has 0 amide bonds. The van der Waals surface area contributed by atoms with Crippen LogP contribution in [0.25, 0.3) is 0 Å². The van der Waals surface area contributed by atoms with E-state index in [1.165, 1.54) is 11.3 Å². The lowest BCUT2D eigenvalue weighted by Crippen LogP contribution is -1.98. The molecule has 74 valence electrons. The lowest BCUT2D eigenvalue weighted by Gasteiger charge is -1.95. The number of hydrogen-bond acceptors (Lipinski definition) is 6. The summed E-state index contributed by atoms with van der Waals surface area (Å²) in [5, 5.41) is 9.49. The highest BCUT2D eigenvalue weighted by Gasteiger charge is 2.03. The minimum atomic E-state index is 0.501. The van der Waals surface area contributed by atoms with Crippen molar-refractivity contribution in [1.29, 1.82) is 0 Å². The molecule has 0 aromatic carbocycles. The average Bonchev–Trinajstić information content (AvgIpc) is 2.72. The fourth-order valence-electron chi connectivity index (χ4n) is 0.898. The van der Waals surface area contributed by atoms with Crippen LogP contribution in [0.5, 0.6) is 0 Å². The van der Waals surface area contributed by atoms with Crippen LogP contribution in [0.3, 0.4) is 0 Å². The zero-order valence-corrected chi connectivity index (χ0v) is 9.72. The lowest BCUT2D eigenvalue weighted by molar-refractivity contribution is 0.379. The maximum atomic E-state index is 4.93. The van der Waals surface area contributed by atoms with E-state index in [4.69, 9.17) is 4.52 Å². The van der Waals surface area contributed by atoms with Gasteiger partial charge in [-0.15, -0.1) is 11.3 Å². The maximum absolute atomic E-state index is 4.93. The molecule has 0 aliphatic carbocycles. The minimum Gasteiger partial charge on any atom is -0.352 e. The number of hydrogen-bond donors (Lipinski definition) is 1. The molecule has 7 heteroatoms. The van der Waals surface area contributed by atoms with Crippen LogP contribution in [0.1, 0.15) is 11.7 Å². The summed E-state index contributed by atoms with van der Waals surface area (Å²) in [7, 11) is 0. The number of rotatable bonds is 3. The lowest BCUT2D eigenvalue weighted by atomic mass is 10.6. The van der Waals surface area contributed by atoms with Crippen molar-refractivity contribution < 1.29 is 4.52 Å². The van der Waals surface area contributed by atoms with Gasteiger partial charge in [0.05, 0.1) is 6.54 Å². The van der Waals surface area contributed by atoms with Gasteiger partial charge in [0.15, 0.2) is 11.0 Å².